The number of aromatic nitrogens is 2. The van der Waals surface area contributed by atoms with Gasteiger partial charge in [0.1, 0.15) is 5.69 Å². The highest BCUT2D eigenvalue weighted by atomic mass is 32.1. The fraction of sp³-hybridized carbons (Fsp3) is 0.118. The van der Waals surface area contributed by atoms with Crippen molar-refractivity contribution in [2.24, 2.45) is 0 Å². The monoisotopic (exact) mass is 322 g/mol. The van der Waals surface area contributed by atoms with Crippen molar-refractivity contribution in [3.63, 3.8) is 0 Å². The standard InChI is InChI=1S/C17H14N4OS/c18-12-13-3-1-4-14(11-13)17(22)19-7-9-21-8-6-15(20-21)16-5-2-10-23-16/h1-6,8,10-11H,7,9H2,(H,19,22). The highest BCUT2D eigenvalue weighted by Crippen LogP contribution is 2.22. The maximum Gasteiger partial charge on any atom is 0.251 e. The van der Waals surface area contributed by atoms with Crippen LogP contribution >= 0.6 is 11.3 Å². The maximum absolute atomic E-state index is 12.0. The third kappa shape index (κ3) is 3.65. The normalized spacial score (nSPS) is 10.2. The maximum atomic E-state index is 12.0. The lowest BCUT2D eigenvalue weighted by molar-refractivity contribution is 0.0952. The molecular formula is C17H14N4OS. The smallest absolute Gasteiger partial charge is 0.251 e. The number of hydrogen-bond donors (Lipinski definition) is 1. The Balaban J connectivity index is 1.55. The SMILES string of the molecule is N#Cc1cccc(C(=O)NCCn2ccc(-c3cccs3)n2)c1. The third-order valence-electron chi connectivity index (χ3n) is 3.29. The fourth-order valence-corrected chi connectivity index (χ4v) is 2.85. The number of carbonyl (C=O) groups is 1. The minimum absolute atomic E-state index is 0.187. The van der Waals surface area contributed by atoms with Gasteiger partial charge >= 0.3 is 0 Å². The van der Waals surface area contributed by atoms with Crippen LogP contribution in [0, 0.1) is 11.3 Å². The molecule has 1 amide bonds. The van der Waals surface area contributed by atoms with E-state index < -0.39 is 0 Å². The average molecular weight is 322 g/mol. The zero-order valence-electron chi connectivity index (χ0n) is 12.3. The predicted octanol–water partition coefficient (Wildman–Crippen LogP) is 2.91. The molecule has 2 heterocycles. The summed E-state index contributed by atoms with van der Waals surface area (Å²) >= 11 is 1.65. The van der Waals surface area contributed by atoms with Crippen molar-refractivity contribution in [1.82, 2.24) is 15.1 Å². The molecule has 5 nitrogen and oxygen atoms in total. The Morgan fingerprint density at radius 1 is 1.30 bits per heavy atom. The lowest BCUT2D eigenvalue weighted by Crippen LogP contribution is -2.27. The fourth-order valence-electron chi connectivity index (χ4n) is 2.16. The van der Waals surface area contributed by atoms with E-state index in [4.69, 9.17) is 5.26 Å². The van der Waals surface area contributed by atoms with Gasteiger partial charge in [-0.3, -0.25) is 9.48 Å². The van der Waals surface area contributed by atoms with Gasteiger partial charge in [-0.05, 0) is 35.7 Å². The number of amides is 1. The molecule has 0 spiro atoms. The van der Waals surface area contributed by atoms with Gasteiger partial charge in [-0.25, -0.2) is 0 Å². The molecule has 0 aliphatic carbocycles. The van der Waals surface area contributed by atoms with E-state index in [-0.39, 0.29) is 5.91 Å². The molecule has 23 heavy (non-hydrogen) atoms. The summed E-state index contributed by atoms with van der Waals surface area (Å²) in [6.07, 6.45) is 1.90. The summed E-state index contributed by atoms with van der Waals surface area (Å²) in [5.74, 6) is -0.187. The van der Waals surface area contributed by atoms with Crippen LogP contribution in [0.5, 0.6) is 0 Å². The van der Waals surface area contributed by atoms with Gasteiger partial charge in [-0.2, -0.15) is 10.4 Å². The van der Waals surface area contributed by atoms with Gasteiger partial charge in [0.2, 0.25) is 0 Å². The Morgan fingerprint density at radius 2 is 2.22 bits per heavy atom. The van der Waals surface area contributed by atoms with Gasteiger partial charge in [-0.1, -0.05) is 12.1 Å². The lowest BCUT2D eigenvalue weighted by Gasteiger charge is -2.05. The quantitative estimate of drug-likeness (QED) is 0.785. The molecular weight excluding hydrogens is 308 g/mol. The van der Waals surface area contributed by atoms with Crippen LogP contribution in [0.25, 0.3) is 10.6 Å². The molecule has 0 saturated carbocycles. The van der Waals surface area contributed by atoms with E-state index in [1.165, 1.54) is 0 Å². The second-order valence-electron chi connectivity index (χ2n) is 4.89. The topological polar surface area (TPSA) is 70.7 Å². The summed E-state index contributed by atoms with van der Waals surface area (Å²) in [6, 6.07) is 14.7. The number of thiophene rings is 1. The highest BCUT2D eigenvalue weighted by Gasteiger charge is 2.06. The van der Waals surface area contributed by atoms with Gasteiger partial charge in [-0.15, -0.1) is 11.3 Å². The number of benzene rings is 1. The van der Waals surface area contributed by atoms with Crippen LogP contribution in [0.15, 0.2) is 54.0 Å². The van der Waals surface area contributed by atoms with Gasteiger partial charge in [0, 0.05) is 18.3 Å². The van der Waals surface area contributed by atoms with Crippen molar-refractivity contribution < 1.29 is 4.79 Å². The molecule has 0 aliphatic heterocycles. The number of rotatable bonds is 5. The van der Waals surface area contributed by atoms with Crippen molar-refractivity contribution in [2.75, 3.05) is 6.54 Å². The third-order valence-corrected chi connectivity index (χ3v) is 4.19. The largest absolute Gasteiger partial charge is 0.350 e. The molecule has 114 valence electrons. The highest BCUT2D eigenvalue weighted by molar-refractivity contribution is 7.13. The minimum atomic E-state index is -0.187. The van der Waals surface area contributed by atoms with Gasteiger partial charge in [0.15, 0.2) is 0 Å². The molecule has 1 N–H and O–H groups in total. The molecule has 1 aromatic carbocycles. The summed E-state index contributed by atoms with van der Waals surface area (Å²) < 4.78 is 1.81. The summed E-state index contributed by atoms with van der Waals surface area (Å²) in [6.45, 7) is 1.07. The first kappa shape index (κ1) is 15.0. The first-order chi connectivity index (χ1) is 11.3. The Labute approximate surface area is 137 Å². The molecule has 0 bridgehead atoms. The van der Waals surface area contributed by atoms with Crippen LogP contribution in [0.2, 0.25) is 0 Å². The molecule has 6 heteroatoms. The van der Waals surface area contributed by atoms with Crippen molar-refractivity contribution in [3.05, 3.63) is 65.2 Å². The van der Waals surface area contributed by atoms with Crippen molar-refractivity contribution in [3.8, 4) is 16.6 Å². The van der Waals surface area contributed by atoms with Crippen molar-refractivity contribution >= 4 is 17.2 Å². The van der Waals surface area contributed by atoms with Crippen LogP contribution in [0.3, 0.4) is 0 Å². The van der Waals surface area contributed by atoms with Crippen LogP contribution in [0.4, 0.5) is 0 Å². The molecule has 0 radical (unpaired) electrons. The molecule has 2 aromatic heterocycles. The number of nitrogens with one attached hydrogen (secondary N) is 1. The first-order valence-corrected chi connectivity index (χ1v) is 8.00. The molecule has 3 aromatic rings. The van der Waals surface area contributed by atoms with E-state index >= 15 is 0 Å². The second-order valence-corrected chi connectivity index (χ2v) is 5.84. The van der Waals surface area contributed by atoms with E-state index in [0.29, 0.717) is 24.2 Å². The van der Waals surface area contributed by atoms with Gasteiger partial charge in [0.25, 0.3) is 5.91 Å². The number of nitrogens with zero attached hydrogens (tertiary/aromatic N) is 3. The molecule has 0 atom stereocenters. The predicted molar refractivity (Wildman–Crippen MR) is 89.0 cm³/mol. The summed E-state index contributed by atoms with van der Waals surface area (Å²) in [5.41, 5.74) is 1.90. The lowest BCUT2D eigenvalue weighted by atomic mass is 10.1. The molecule has 3 rings (SSSR count). The Morgan fingerprint density at radius 3 is 3.00 bits per heavy atom. The molecule has 0 unspecified atom stereocenters. The second kappa shape index (κ2) is 6.90. The van der Waals surface area contributed by atoms with E-state index in [1.807, 2.05) is 35.8 Å². The summed E-state index contributed by atoms with van der Waals surface area (Å²) in [4.78, 5) is 13.2. The van der Waals surface area contributed by atoms with E-state index in [2.05, 4.69) is 10.4 Å². The van der Waals surface area contributed by atoms with E-state index in [0.717, 1.165) is 10.6 Å². The molecule has 0 fully saturated rings. The minimum Gasteiger partial charge on any atom is -0.350 e. The van der Waals surface area contributed by atoms with Crippen molar-refractivity contribution in [1.29, 1.82) is 5.26 Å². The molecule has 0 aliphatic rings. The number of hydrogen-bond acceptors (Lipinski definition) is 4. The van der Waals surface area contributed by atoms with Crippen LogP contribution in [-0.4, -0.2) is 22.2 Å². The van der Waals surface area contributed by atoms with E-state index in [9.17, 15) is 4.79 Å². The van der Waals surface area contributed by atoms with Gasteiger partial charge in [0.05, 0.1) is 23.1 Å². The Kier molecular flexibility index (Phi) is 4.50. The zero-order chi connectivity index (χ0) is 16.1. The van der Waals surface area contributed by atoms with Gasteiger partial charge < -0.3 is 5.32 Å². The van der Waals surface area contributed by atoms with Crippen LogP contribution in [0.1, 0.15) is 15.9 Å². The Bertz CT molecular complexity index is 846. The number of carbonyl (C=O) groups excluding carboxylic acids is 1. The summed E-state index contributed by atoms with van der Waals surface area (Å²) in [5, 5.41) is 18.2. The summed E-state index contributed by atoms with van der Waals surface area (Å²) in [7, 11) is 0. The van der Waals surface area contributed by atoms with Crippen molar-refractivity contribution in [2.45, 2.75) is 6.54 Å². The molecule has 0 saturated heterocycles. The average Bonchev–Trinajstić information content (AvgIpc) is 3.26. The number of nitriles is 1. The van der Waals surface area contributed by atoms with Crippen LogP contribution < -0.4 is 5.32 Å². The van der Waals surface area contributed by atoms with Crippen LogP contribution in [-0.2, 0) is 6.54 Å². The Hall–Kier alpha value is -2.91. The first-order valence-electron chi connectivity index (χ1n) is 7.12. The van der Waals surface area contributed by atoms with E-state index in [1.54, 1.807) is 40.3 Å². The zero-order valence-corrected chi connectivity index (χ0v) is 13.1.